The molecule has 0 aliphatic rings. The minimum atomic E-state index is -1.01. The molecule has 5 nitrogen and oxygen atoms in total. The van der Waals surface area contributed by atoms with Gasteiger partial charge in [-0.1, -0.05) is 0 Å². The van der Waals surface area contributed by atoms with E-state index in [4.69, 9.17) is 5.11 Å². The molecule has 90 valence electrons. The zero-order valence-corrected chi connectivity index (χ0v) is 9.69. The van der Waals surface area contributed by atoms with Crippen LogP contribution in [0.15, 0.2) is 30.6 Å². The van der Waals surface area contributed by atoms with Crippen molar-refractivity contribution >= 4 is 16.9 Å². The van der Waals surface area contributed by atoms with Gasteiger partial charge in [0.2, 0.25) is 0 Å². The molecule has 2 heterocycles. The van der Waals surface area contributed by atoms with E-state index in [0.29, 0.717) is 5.82 Å². The molecule has 3 N–H and O–H groups in total. The molecule has 5 heteroatoms. The Balaban J connectivity index is 2.12. The van der Waals surface area contributed by atoms with Crippen LogP contribution >= 0.6 is 0 Å². The number of hydrogen-bond acceptors (Lipinski definition) is 2. The third kappa shape index (κ3) is 1.57. The lowest BCUT2D eigenvalue weighted by molar-refractivity contribution is 0.0691. The molecule has 0 atom stereocenters. The van der Waals surface area contributed by atoms with Gasteiger partial charge in [-0.05, 0) is 30.7 Å². The Bertz CT molecular complexity index is 740. The Kier molecular flexibility index (Phi) is 2.19. The van der Waals surface area contributed by atoms with Crippen LogP contribution in [0.3, 0.4) is 0 Å². The molecule has 3 rings (SSSR count). The molecule has 3 aromatic rings. The predicted octanol–water partition coefficient (Wildman–Crippen LogP) is 2.56. The molecular formula is C13H11N3O2. The van der Waals surface area contributed by atoms with Gasteiger partial charge in [0, 0.05) is 22.7 Å². The van der Waals surface area contributed by atoms with Crippen molar-refractivity contribution in [1.29, 1.82) is 0 Å². The summed E-state index contributed by atoms with van der Waals surface area (Å²) >= 11 is 0. The third-order valence-electron chi connectivity index (χ3n) is 2.97. The van der Waals surface area contributed by atoms with Crippen molar-refractivity contribution in [3.8, 4) is 11.4 Å². The predicted molar refractivity (Wildman–Crippen MR) is 67.6 cm³/mol. The maximum absolute atomic E-state index is 10.8. The Labute approximate surface area is 102 Å². The fraction of sp³-hybridized carbons (Fsp3) is 0.0769. The zero-order chi connectivity index (χ0) is 12.7. The molecule has 2 aromatic heterocycles. The number of aromatic carboxylic acids is 1. The van der Waals surface area contributed by atoms with E-state index in [0.717, 1.165) is 22.0 Å². The van der Waals surface area contributed by atoms with Gasteiger partial charge in [0.25, 0.3) is 0 Å². The fourth-order valence-corrected chi connectivity index (χ4v) is 1.98. The number of carbonyl (C=O) groups is 1. The van der Waals surface area contributed by atoms with Crippen LogP contribution in [-0.2, 0) is 0 Å². The number of hydrogen-bond donors (Lipinski definition) is 3. The number of carboxylic acid groups (broad SMARTS) is 1. The summed E-state index contributed by atoms with van der Waals surface area (Å²) in [5, 5.41) is 9.96. The van der Waals surface area contributed by atoms with Crippen molar-refractivity contribution in [3.63, 3.8) is 0 Å². The number of fused-ring (bicyclic) bond motifs is 1. The molecular weight excluding hydrogens is 230 g/mol. The normalized spacial score (nSPS) is 10.9. The summed E-state index contributed by atoms with van der Waals surface area (Å²) in [6.45, 7) is 2.02. The van der Waals surface area contributed by atoms with Gasteiger partial charge in [-0.15, -0.1) is 0 Å². The lowest BCUT2D eigenvalue weighted by atomic mass is 10.1. The first-order valence-electron chi connectivity index (χ1n) is 5.51. The van der Waals surface area contributed by atoms with Gasteiger partial charge >= 0.3 is 5.97 Å². The van der Waals surface area contributed by atoms with Crippen LogP contribution < -0.4 is 0 Å². The highest BCUT2D eigenvalue weighted by Gasteiger charge is 2.09. The lowest BCUT2D eigenvalue weighted by Gasteiger charge is -1.98. The molecule has 18 heavy (non-hydrogen) atoms. The topological polar surface area (TPSA) is 81.8 Å². The minimum absolute atomic E-state index is 0.0934. The third-order valence-corrected chi connectivity index (χ3v) is 2.97. The smallest absolute Gasteiger partial charge is 0.353 e. The van der Waals surface area contributed by atoms with E-state index in [9.17, 15) is 4.79 Å². The Hall–Kier alpha value is -2.56. The second-order valence-corrected chi connectivity index (χ2v) is 4.18. The summed E-state index contributed by atoms with van der Waals surface area (Å²) in [4.78, 5) is 20.8. The number of aryl methyl sites for hydroxylation is 1. The summed E-state index contributed by atoms with van der Waals surface area (Å²) in [6.07, 6.45) is 3.27. The van der Waals surface area contributed by atoms with Crippen molar-refractivity contribution < 1.29 is 9.90 Å². The van der Waals surface area contributed by atoms with Gasteiger partial charge in [-0.3, -0.25) is 0 Å². The van der Waals surface area contributed by atoms with Crippen molar-refractivity contribution in [2.75, 3.05) is 0 Å². The summed E-state index contributed by atoms with van der Waals surface area (Å²) in [6, 6.07) is 5.86. The molecule has 0 bridgehead atoms. The summed E-state index contributed by atoms with van der Waals surface area (Å²) in [7, 11) is 0. The largest absolute Gasteiger partial charge is 0.477 e. The van der Waals surface area contributed by atoms with Crippen molar-refractivity contribution in [3.05, 3.63) is 41.9 Å². The number of H-pyrrole nitrogens is 2. The highest BCUT2D eigenvalue weighted by Crippen LogP contribution is 2.24. The van der Waals surface area contributed by atoms with Crippen LogP contribution in [0.2, 0.25) is 0 Å². The number of nitrogens with one attached hydrogen (secondary N) is 2. The van der Waals surface area contributed by atoms with E-state index in [1.54, 1.807) is 0 Å². The quantitative estimate of drug-likeness (QED) is 0.644. The van der Waals surface area contributed by atoms with Crippen LogP contribution in [0.25, 0.3) is 22.3 Å². The van der Waals surface area contributed by atoms with Crippen LogP contribution in [0.5, 0.6) is 0 Å². The Morgan fingerprint density at radius 2 is 2.22 bits per heavy atom. The van der Waals surface area contributed by atoms with Crippen LogP contribution in [0, 0.1) is 6.92 Å². The molecule has 0 aliphatic carbocycles. The van der Waals surface area contributed by atoms with E-state index in [1.165, 1.54) is 6.20 Å². The Morgan fingerprint density at radius 3 is 2.94 bits per heavy atom. The van der Waals surface area contributed by atoms with Gasteiger partial charge in [0.15, 0.2) is 0 Å². The van der Waals surface area contributed by atoms with Crippen LogP contribution in [0.1, 0.15) is 16.1 Å². The lowest BCUT2D eigenvalue weighted by Crippen LogP contribution is -1.95. The molecule has 0 aliphatic heterocycles. The molecule has 0 saturated heterocycles. The van der Waals surface area contributed by atoms with Crippen molar-refractivity contribution in [1.82, 2.24) is 15.0 Å². The average Bonchev–Trinajstić information content (AvgIpc) is 2.96. The molecule has 0 unspecified atom stereocenters. The number of benzene rings is 1. The monoisotopic (exact) mass is 241 g/mol. The SMILES string of the molecule is Cc1c[nH]c2ccc(-c3ncc(C(=O)O)[nH]3)cc12. The first-order chi connectivity index (χ1) is 8.65. The number of imidazole rings is 1. The molecule has 0 radical (unpaired) electrons. The molecule has 1 aromatic carbocycles. The number of nitrogens with zero attached hydrogens (tertiary/aromatic N) is 1. The number of carboxylic acids is 1. The van der Waals surface area contributed by atoms with Gasteiger partial charge in [-0.25, -0.2) is 9.78 Å². The summed E-state index contributed by atoms with van der Waals surface area (Å²) in [5.74, 6) is -0.442. The second kappa shape index (κ2) is 3.73. The van der Waals surface area contributed by atoms with Crippen molar-refractivity contribution in [2.24, 2.45) is 0 Å². The van der Waals surface area contributed by atoms with Gasteiger partial charge < -0.3 is 15.1 Å². The second-order valence-electron chi connectivity index (χ2n) is 4.18. The highest BCUT2D eigenvalue weighted by atomic mass is 16.4. The average molecular weight is 241 g/mol. The molecule has 0 spiro atoms. The van der Waals surface area contributed by atoms with Crippen LogP contribution in [0.4, 0.5) is 0 Å². The van der Waals surface area contributed by atoms with Crippen LogP contribution in [-0.4, -0.2) is 26.0 Å². The molecule has 0 amide bonds. The van der Waals surface area contributed by atoms with E-state index in [1.807, 2.05) is 31.3 Å². The van der Waals surface area contributed by atoms with E-state index >= 15 is 0 Å². The van der Waals surface area contributed by atoms with Gasteiger partial charge in [0.1, 0.15) is 11.5 Å². The van der Waals surface area contributed by atoms with E-state index in [-0.39, 0.29) is 5.69 Å². The Morgan fingerprint density at radius 1 is 1.39 bits per heavy atom. The number of rotatable bonds is 2. The number of aromatic nitrogens is 3. The zero-order valence-electron chi connectivity index (χ0n) is 9.69. The minimum Gasteiger partial charge on any atom is -0.477 e. The number of aromatic amines is 2. The highest BCUT2D eigenvalue weighted by molar-refractivity contribution is 5.88. The van der Waals surface area contributed by atoms with Gasteiger partial charge in [-0.2, -0.15) is 0 Å². The van der Waals surface area contributed by atoms with E-state index < -0.39 is 5.97 Å². The fourth-order valence-electron chi connectivity index (χ4n) is 1.98. The summed E-state index contributed by atoms with van der Waals surface area (Å²) in [5.41, 5.74) is 3.17. The molecule has 0 saturated carbocycles. The maximum Gasteiger partial charge on any atom is 0.353 e. The van der Waals surface area contributed by atoms with E-state index in [2.05, 4.69) is 15.0 Å². The summed E-state index contributed by atoms with van der Waals surface area (Å²) < 4.78 is 0. The first kappa shape index (κ1) is 10.6. The first-order valence-corrected chi connectivity index (χ1v) is 5.51. The maximum atomic E-state index is 10.8. The van der Waals surface area contributed by atoms with Gasteiger partial charge in [0.05, 0.1) is 6.20 Å². The van der Waals surface area contributed by atoms with Crippen molar-refractivity contribution in [2.45, 2.75) is 6.92 Å². The standard InChI is InChI=1S/C13H11N3O2/c1-7-5-14-10-3-2-8(4-9(7)10)12-15-6-11(16-12)13(17)18/h2-6,14H,1H3,(H,15,16)(H,17,18). The molecule has 0 fully saturated rings.